The largest absolute Gasteiger partial charge is 0.507 e. The lowest BCUT2D eigenvalue weighted by Gasteiger charge is -2.20. The number of phenols is 2. The van der Waals surface area contributed by atoms with Crippen LogP contribution in [-0.2, 0) is 9.53 Å². The molecule has 0 aliphatic heterocycles. The summed E-state index contributed by atoms with van der Waals surface area (Å²) in [7, 11) is 0. The number of esters is 2. The van der Waals surface area contributed by atoms with Crippen molar-refractivity contribution in [1.82, 2.24) is 0 Å². The molecular formula is C20H17NO7. The molecule has 1 atom stereocenters. The second-order valence-corrected chi connectivity index (χ2v) is 6.75. The Morgan fingerprint density at radius 1 is 0.964 bits per heavy atom. The molecule has 4 N–H and O–H groups in total. The lowest BCUT2D eigenvalue weighted by Crippen LogP contribution is -2.38. The molecule has 1 unspecified atom stereocenters. The molecule has 8 heteroatoms. The number of carbonyl (C=O) groups excluding carboxylic acids is 4. The van der Waals surface area contributed by atoms with E-state index in [1.807, 2.05) is 0 Å². The molecule has 0 bridgehead atoms. The van der Waals surface area contributed by atoms with Crippen LogP contribution in [0.15, 0.2) is 30.3 Å². The van der Waals surface area contributed by atoms with Gasteiger partial charge in [-0.25, -0.2) is 9.59 Å². The van der Waals surface area contributed by atoms with Gasteiger partial charge in [0.15, 0.2) is 5.78 Å². The highest BCUT2D eigenvalue weighted by Gasteiger charge is 2.35. The minimum atomic E-state index is -1.11. The normalized spacial score (nSPS) is 13.7. The predicted molar refractivity (Wildman–Crippen MR) is 96.3 cm³/mol. The predicted octanol–water partition coefficient (Wildman–Crippen LogP) is 1.54. The summed E-state index contributed by atoms with van der Waals surface area (Å²) in [6.45, 7) is 3.36. The molecule has 144 valence electrons. The molecule has 0 amide bonds. The maximum absolute atomic E-state index is 12.7. The van der Waals surface area contributed by atoms with Crippen LogP contribution in [0.25, 0.3) is 0 Å². The third kappa shape index (κ3) is 3.03. The number of hydrogen-bond donors (Lipinski definition) is 3. The van der Waals surface area contributed by atoms with Crippen LogP contribution in [0.1, 0.15) is 56.0 Å². The van der Waals surface area contributed by atoms with E-state index in [0.717, 1.165) is 12.1 Å². The first kappa shape index (κ1) is 19.2. The molecule has 0 saturated carbocycles. The second-order valence-electron chi connectivity index (χ2n) is 6.75. The van der Waals surface area contributed by atoms with Crippen molar-refractivity contribution < 1.29 is 34.1 Å². The Kier molecular flexibility index (Phi) is 4.74. The monoisotopic (exact) mass is 383 g/mol. The third-order valence-corrected chi connectivity index (χ3v) is 4.52. The van der Waals surface area contributed by atoms with Crippen molar-refractivity contribution in [2.75, 3.05) is 0 Å². The van der Waals surface area contributed by atoms with Crippen LogP contribution >= 0.6 is 0 Å². The fourth-order valence-corrected chi connectivity index (χ4v) is 2.89. The molecule has 0 radical (unpaired) electrons. The van der Waals surface area contributed by atoms with Gasteiger partial charge in [0.1, 0.15) is 17.5 Å². The van der Waals surface area contributed by atoms with Gasteiger partial charge in [-0.1, -0.05) is 26.0 Å². The standard InChI is InChI=1S/C20H17NO7/c1-8(2)16(21)20(27)28-19(26)9-6-11-15(13(23)7-9)18(25)14-10(17(11)24)4-3-5-12(14)22/h3-8,16,22-23H,21H2,1-2H3. The summed E-state index contributed by atoms with van der Waals surface area (Å²) >= 11 is 0. The molecule has 0 fully saturated rings. The lowest BCUT2D eigenvalue weighted by molar-refractivity contribution is -0.140. The van der Waals surface area contributed by atoms with Crippen LogP contribution in [0, 0.1) is 5.92 Å². The van der Waals surface area contributed by atoms with Crippen molar-refractivity contribution in [3.63, 3.8) is 0 Å². The first-order chi connectivity index (χ1) is 13.1. The van der Waals surface area contributed by atoms with Gasteiger partial charge >= 0.3 is 11.9 Å². The van der Waals surface area contributed by atoms with Crippen LogP contribution in [0.4, 0.5) is 0 Å². The SMILES string of the molecule is CC(C)C(N)C(=O)OC(=O)c1cc(O)c2c(c1)C(=O)c1cccc(O)c1C2=O. The number of benzene rings is 2. The Labute approximate surface area is 159 Å². The van der Waals surface area contributed by atoms with Crippen molar-refractivity contribution in [3.05, 3.63) is 58.1 Å². The van der Waals surface area contributed by atoms with Gasteiger partial charge in [-0.05, 0) is 24.1 Å². The molecule has 8 nitrogen and oxygen atoms in total. The number of fused-ring (bicyclic) bond motifs is 2. The summed E-state index contributed by atoms with van der Waals surface area (Å²) in [4.78, 5) is 49.5. The Bertz CT molecular complexity index is 1040. The van der Waals surface area contributed by atoms with E-state index in [2.05, 4.69) is 0 Å². The van der Waals surface area contributed by atoms with Crippen LogP contribution in [-0.4, -0.2) is 39.8 Å². The van der Waals surface area contributed by atoms with E-state index in [4.69, 9.17) is 10.5 Å². The highest BCUT2D eigenvalue weighted by molar-refractivity contribution is 6.30. The Balaban J connectivity index is 2.02. The average molecular weight is 383 g/mol. The number of aromatic hydroxyl groups is 2. The number of carbonyl (C=O) groups is 4. The van der Waals surface area contributed by atoms with Crippen LogP contribution in [0.5, 0.6) is 11.5 Å². The molecule has 1 aliphatic rings. The minimum Gasteiger partial charge on any atom is -0.507 e. The fraction of sp³-hybridized carbons (Fsp3) is 0.200. The van der Waals surface area contributed by atoms with Gasteiger partial charge in [0, 0.05) is 11.1 Å². The molecule has 3 rings (SSSR count). The van der Waals surface area contributed by atoms with E-state index in [1.165, 1.54) is 18.2 Å². The molecule has 2 aromatic carbocycles. The topological polar surface area (TPSA) is 144 Å². The molecule has 1 aliphatic carbocycles. The van der Waals surface area contributed by atoms with Crippen molar-refractivity contribution in [2.24, 2.45) is 11.7 Å². The van der Waals surface area contributed by atoms with Crippen LogP contribution in [0.2, 0.25) is 0 Å². The lowest BCUT2D eigenvalue weighted by atomic mass is 9.82. The maximum Gasteiger partial charge on any atom is 0.345 e. The van der Waals surface area contributed by atoms with Crippen molar-refractivity contribution >= 4 is 23.5 Å². The molecule has 0 saturated heterocycles. The van der Waals surface area contributed by atoms with E-state index in [0.29, 0.717) is 0 Å². The number of hydrogen-bond acceptors (Lipinski definition) is 8. The molecule has 2 aromatic rings. The molecule has 0 aromatic heterocycles. The first-order valence-electron chi connectivity index (χ1n) is 8.43. The number of phenolic OH excluding ortho intramolecular Hbond substituents is 2. The highest BCUT2D eigenvalue weighted by Crippen LogP contribution is 2.37. The summed E-state index contributed by atoms with van der Waals surface area (Å²) in [5, 5.41) is 20.2. The molecule has 28 heavy (non-hydrogen) atoms. The third-order valence-electron chi connectivity index (χ3n) is 4.52. The summed E-state index contributed by atoms with van der Waals surface area (Å²) in [6, 6.07) is 4.97. The summed E-state index contributed by atoms with van der Waals surface area (Å²) in [6.07, 6.45) is 0. The summed E-state index contributed by atoms with van der Waals surface area (Å²) < 4.78 is 4.71. The minimum absolute atomic E-state index is 0.0553. The number of rotatable bonds is 3. The quantitative estimate of drug-likeness (QED) is 0.456. The number of nitrogens with two attached hydrogens (primary N) is 1. The van der Waals surface area contributed by atoms with Crippen LogP contribution in [0.3, 0.4) is 0 Å². The molecule has 0 heterocycles. The Hall–Kier alpha value is -3.52. The van der Waals surface area contributed by atoms with Crippen molar-refractivity contribution in [3.8, 4) is 11.5 Å². The Morgan fingerprint density at radius 2 is 1.61 bits per heavy atom. The fourth-order valence-electron chi connectivity index (χ4n) is 2.89. The molecular weight excluding hydrogens is 366 g/mol. The van der Waals surface area contributed by atoms with E-state index < -0.39 is 41.0 Å². The van der Waals surface area contributed by atoms with Crippen molar-refractivity contribution in [1.29, 1.82) is 0 Å². The van der Waals surface area contributed by atoms with Crippen molar-refractivity contribution in [2.45, 2.75) is 19.9 Å². The zero-order chi connectivity index (χ0) is 20.7. The zero-order valence-corrected chi connectivity index (χ0v) is 15.1. The highest BCUT2D eigenvalue weighted by atomic mass is 16.6. The average Bonchev–Trinajstić information content (AvgIpc) is 2.64. The van der Waals surface area contributed by atoms with Gasteiger partial charge in [0.05, 0.1) is 16.7 Å². The number of ketones is 2. The van der Waals surface area contributed by atoms with Gasteiger partial charge < -0.3 is 20.7 Å². The second kappa shape index (κ2) is 6.90. The first-order valence-corrected chi connectivity index (χ1v) is 8.43. The van der Waals surface area contributed by atoms with Gasteiger partial charge in [0.2, 0.25) is 5.78 Å². The van der Waals surface area contributed by atoms with Crippen LogP contribution < -0.4 is 5.73 Å². The summed E-state index contributed by atoms with van der Waals surface area (Å²) in [5.41, 5.74) is 4.52. The zero-order valence-electron chi connectivity index (χ0n) is 15.1. The van der Waals surface area contributed by atoms with Gasteiger partial charge in [-0.15, -0.1) is 0 Å². The van der Waals surface area contributed by atoms with E-state index in [-0.39, 0.29) is 33.7 Å². The van der Waals surface area contributed by atoms with Gasteiger partial charge in [0.25, 0.3) is 0 Å². The maximum atomic E-state index is 12.7. The Morgan fingerprint density at radius 3 is 2.25 bits per heavy atom. The van der Waals surface area contributed by atoms with E-state index in [9.17, 15) is 29.4 Å². The van der Waals surface area contributed by atoms with E-state index in [1.54, 1.807) is 13.8 Å². The van der Waals surface area contributed by atoms with Gasteiger partial charge in [-0.3, -0.25) is 9.59 Å². The smallest absolute Gasteiger partial charge is 0.345 e. The van der Waals surface area contributed by atoms with E-state index >= 15 is 0 Å². The molecule has 0 spiro atoms. The summed E-state index contributed by atoms with van der Waals surface area (Å²) in [5.74, 6) is -4.76. The van der Waals surface area contributed by atoms with Gasteiger partial charge in [-0.2, -0.15) is 0 Å². The number of ether oxygens (including phenoxy) is 1.